The van der Waals surface area contributed by atoms with Crippen LogP contribution in [0.25, 0.3) is 10.8 Å². The molecule has 3 aromatic carbocycles. The highest BCUT2D eigenvalue weighted by atomic mass is 35.5. The lowest BCUT2D eigenvalue weighted by atomic mass is 10.0. The van der Waals surface area contributed by atoms with Crippen molar-refractivity contribution in [1.29, 1.82) is 0 Å². The molecule has 0 aliphatic carbocycles. The van der Waals surface area contributed by atoms with Gasteiger partial charge < -0.3 is 9.88 Å². The van der Waals surface area contributed by atoms with E-state index >= 15 is 0 Å². The first-order chi connectivity index (χ1) is 14.1. The molecule has 0 saturated heterocycles. The number of hydrogen-bond donors (Lipinski definition) is 1. The van der Waals surface area contributed by atoms with Crippen molar-refractivity contribution in [3.63, 3.8) is 0 Å². The summed E-state index contributed by atoms with van der Waals surface area (Å²) in [5.41, 5.74) is 1.92. The summed E-state index contributed by atoms with van der Waals surface area (Å²) in [5.74, 6) is 1.01. The monoisotopic (exact) mass is 422 g/mol. The lowest BCUT2D eigenvalue weighted by Gasteiger charge is -2.07. The van der Waals surface area contributed by atoms with E-state index in [4.69, 9.17) is 11.6 Å². The molecule has 0 radical (unpaired) electrons. The van der Waals surface area contributed by atoms with Crippen LogP contribution in [0.2, 0.25) is 5.02 Å². The van der Waals surface area contributed by atoms with Crippen LogP contribution in [0.1, 0.15) is 11.4 Å². The number of aromatic nitrogens is 3. The molecule has 1 heterocycles. The third-order valence-corrected chi connectivity index (χ3v) is 5.89. The Bertz CT molecular complexity index is 1150. The van der Waals surface area contributed by atoms with Crippen LogP contribution in [0, 0.1) is 0 Å². The van der Waals surface area contributed by atoms with E-state index in [1.54, 1.807) is 24.3 Å². The fourth-order valence-electron chi connectivity index (χ4n) is 3.10. The second-order valence-electron chi connectivity index (χ2n) is 6.62. The number of nitrogens with one attached hydrogen (secondary N) is 1. The van der Waals surface area contributed by atoms with Gasteiger partial charge >= 0.3 is 0 Å². The van der Waals surface area contributed by atoms with Gasteiger partial charge in [0.25, 0.3) is 0 Å². The number of carbonyl (C=O) groups excluding carboxylic acids is 1. The molecule has 0 bridgehead atoms. The van der Waals surface area contributed by atoms with Crippen LogP contribution in [0.15, 0.2) is 71.9 Å². The van der Waals surface area contributed by atoms with Gasteiger partial charge in [-0.25, -0.2) is 0 Å². The van der Waals surface area contributed by atoms with Crippen molar-refractivity contribution in [3.05, 3.63) is 83.1 Å². The Labute approximate surface area is 178 Å². The summed E-state index contributed by atoms with van der Waals surface area (Å²) in [4.78, 5) is 12.2. The molecule has 4 aromatic rings. The molecule has 29 heavy (non-hydrogen) atoms. The van der Waals surface area contributed by atoms with Crippen molar-refractivity contribution in [2.45, 2.75) is 11.6 Å². The van der Waals surface area contributed by atoms with E-state index in [9.17, 15) is 4.79 Å². The Morgan fingerprint density at radius 2 is 1.79 bits per heavy atom. The minimum atomic E-state index is -0.101. The van der Waals surface area contributed by atoms with Gasteiger partial charge in [-0.15, -0.1) is 10.2 Å². The molecule has 1 amide bonds. The maximum atomic E-state index is 12.2. The van der Waals surface area contributed by atoms with Gasteiger partial charge in [0.2, 0.25) is 5.91 Å². The lowest BCUT2D eigenvalue weighted by Crippen LogP contribution is -2.14. The molecule has 146 valence electrons. The molecule has 0 aliphatic heterocycles. The van der Waals surface area contributed by atoms with Crippen molar-refractivity contribution in [2.24, 2.45) is 7.05 Å². The molecule has 0 aliphatic rings. The summed E-state index contributed by atoms with van der Waals surface area (Å²) in [5, 5.41) is 15.2. The molecule has 0 unspecified atom stereocenters. The average Bonchev–Trinajstić information content (AvgIpc) is 3.08. The topological polar surface area (TPSA) is 59.8 Å². The van der Waals surface area contributed by atoms with Crippen LogP contribution in [0.3, 0.4) is 0 Å². The predicted molar refractivity (Wildman–Crippen MR) is 119 cm³/mol. The summed E-state index contributed by atoms with van der Waals surface area (Å²) in [6, 6.07) is 21.6. The van der Waals surface area contributed by atoms with Crippen LogP contribution in [0.4, 0.5) is 5.69 Å². The minimum Gasteiger partial charge on any atom is -0.325 e. The Morgan fingerprint density at radius 1 is 1.03 bits per heavy atom. The Balaban J connectivity index is 1.42. The fourth-order valence-corrected chi connectivity index (χ4v) is 3.96. The van der Waals surface area contributed by atoms with E-state index in [-0.39, 0.29) is 11.7 Å². The smallest absolute Gasteiger partial charge is 0.234 e. The van der Waals surface area contributed by atoms with Gasteiger partial charge in [-0.05, 0) is 40.6 Å². The number of benzene rings is 3. The molecule has 7 heteroatoms. The van der Waals surface area contributed by atoms with E-state index in [0.717, 1.165) is 11.5 Å². The first-order valence-corrected chi connectivity index (χ1v) is 10.5. The highest BCUT2D eigenvalue weighted by molar-refractivity contribution is 7.99. The van der Waals surface area contributed by atoms with Crippen LogP contribution in [-0.4, -0.2) is 26.4 Å². The first-order valence-electron chi connectivity index (χ1n) is 9.13. The van der Waals surface area contributed by atoms with Gasteiger partial charge in [0.1, 0.15) is 5.82 Å². The second-order valence-corrected chi connectivity index (χ2v) is 8.00. The molecule has 0 saturated carbocycles. The van der Waals surface area contributed by atoms with E-state index in [2.05, 4.69) is 45.8 Å². The maximum Gasteiger partial charge on any atom is 0.234 e. The number of halogens is 1. The average molecular weight is 423 g/mol. The van der Waals surface area contributed by atoms with Crippen LogP contribution < -0.4 is 5.32 Å². The maximum absolute atomic E-state index is 12.2. The predicted octanol–water partition coefficient (Wildman–Crippen LogP) is 4.94. The zero-order valence-corrected chi connectivity index (χ0v) is 17.4. The third-order valence-electron chi connectivity index (χ3n) is 4.61. The molecular formula is C22H19ClN4OS. The number of rotatable bonds is 6. The normalized spacial score (nSPS) is 11.0. The number of nitrogens with zero attached hydrogens (tertiary/aromatic N) is 3. The second kappa shape index (κ2) is 8.68. The van der Waals surface area contributed by atoms with Gasteiger partial charge in [0, 0.05) is 24.2 Å². The van der Waals surface area contributed by atoms with Gasteiger partial charge in [-0.3, -0.25) is 4.79 Å². The van der Waals surface area contributed by atoms with Crippen molar-refractivity contribution in [1.82, 2.24) is 14.8 Å². The molecule has 0 spiro atoms. The van der Waals surface area contributed by atoms with E-state index in [0.29, 0.717) is 16.6 Å². The number of thioether (sulfide) groups is 1. The number of amides is 1. The summed E-state index contributed by atoms with van der Waals surface area (Å²) in [6.07, 6.45) is 0.683. The quantitative estimate of drug-likeness (QED) is 0.447. The van der Waals surface area contributed by atoms with E-state index < -0.39 is 0 Å². The zero-order valence-electron chi connectivity index (χ0n) is 15.8. The number of carbonyl (C=O) groups is 1. The molecular weight excluding hydrogens is 404 g/mol. The van der Waals surface area contributed by atoms with Crippen molar-refractivity contribution >= 4 is 45.7 Å². The fraction of sp³-hybridized carbons (Fsp3) is 0.136. The van der Waals surface area contributed by atoms with E-state index in [1.165, 1.54) is 28.1 Å². The molecule has 1 aromatic heterocycles. The minimum absolute atomic E-state index is 0.101. The summed E-state index contributed by atoms with van der Waals surface area (Å²) in [6.45, 7) is 0. The van der Waals surface area contributed by atoms with Gasteiger partial charge in [0.05, 0.1) is 5.75 Å². The third kappa shape index (κ3) is 4.60. The number of fused-ring (bicyclic) bond motifs is 1. The largest absolute Gasteiger partial charge is 0.325 e. The van der Waals surface area contributed by atoms with Gasteiger partial charge in [-0.2, -0.15) is 0 Å². The lowest BCUT2D eigenvalue weighted by molar-refractivity contribution is -0.113. The van der Waals surface area contributed by atoms with Crippen molar-refractivity contribution < 1.29 is 4.79 Å². The standard InChI is InChI=1S/C22H19ClN4OS/c1-27-20(13-16-7-4-6-15-5-2-3-8-19(15)16)25-26-22(27)29-14-21(28)24-18-11-9-17(23)10-12-18/h2-12H,13-14H2,1H3,(H,24,28). The molecule has 0 fully saturated rings. The Morgan fingerprint density at radius 3 is 2.62 bits per heavy atom. The van der Waals surface area contributed by atoms with Crippen LogP contribution >= 0.6 is 23.4 Å². The zero-order chi connectivity index (χ0) is 20.2. The highest BCUT2D eigenvalue weighted by Crippen LogP contribution is 2.23. The summed E-state index contributed by atoms with van der Waals surface area (Å²) < 4.78 is 1.95. The Kier molecular flexibility index (Phi) is 5.83. The van der Waals surface area contributed by atoms with Crippen molar-refractivity contribution in [2.75, 3.05) is 11.1 Å². The molecule has 4 rings (SSSR count). The first kappa shape index (κ1) is 19.5. The highest BCUT2D eigenvalue weighted by Gasteiger charge is 2.13. The molecule has 0 atom stereocenters. The Hall–Kier alpha value is -2.83. The van der Waals surface area contributed by atoms with Gasteiger partial charge in [0.15, 0.2) is 5.16 Å². The summed E-state index contributed by atoms with van der Waals surface area (Å²) >= 11 is 7.23. The van der Waals surface area contributed by atoms with E-state index in [1.807, 2.05) is 23.7 Å². The summed E-state index contributed by atoms with van der Waals surface area (Å²) in [7, 11) is 1.93. The van der Waals surface area contributed by atoms with Crippen molar-refractivity contribution in [3.8, 4) is 0 Å². The molecule has 1 N–H and O–H groups in total. The number of anilines is 1. The van der Waals surface area contributed by atoms with Crippen LogP contribution in [0.5, 0.6) is 0 Å². The number of hydrogen-bond acceptors (Lipinski definition) is 4. The van der Waals surface area contributed by atoms with Gasteiger partial charge in [-0.1, -0.05) is 65.8 Å². The van der Waals surface area contributed by atoms with Crippen LogP contribution in [-0.2, 0) is 18.3 Å². The SMILES string of the molecule is Cn1c(Cc2cccc3ccccc23)nnc1SCC(=O)Nc1ccc(Cl)cc1. The molecule has 5 nitrogen and oxygen atoms in total.